The maximum absolute atomic E-state index is 12.7. The molecule has 0 aliphatic heterocycles. The molecule has 3 aromatic rings. The average Bonchev–Trinajstić information content (AvgIpc) is 2.73. The van der Waals surface area contributed by atoms with Gasteiger partial charge in [-0.15, -0.1) is 0 Å². The maximum Gasteiger partial charge on any atom is 0.263 e. The molecule has 0 bridgehead atoms. The minimum Gasteiger partial charge on any atom is -0.348 e. The fourth-order valence-corrected chi connectivity index (χ4v) is 3.88. The molecule has 7 heteroatoms. The first kappa shape index (κ1) is 19.1. The second-order valence-electron chi connectivity index (χ2n) is 5.93. The van der Waals surface area contributed by atoms with Crippen LogP contribution in [0.1, 0.15) is 21.5 Å². The lowest BCUT2D eigenvalue weighted by Gasteiger charge is -2.13. The van der Waals surface area contributed by atoms with Gasteiger partial charge >= 0.3 is 0 Å². The molecule has 140 valence electrons. The van der Waals surface area contributed by atoms with Gasteiger partial charge in [-0.25, -0.2) is 8.42 Å². The van der Waals surface area contributed by atoms with Crippen LogP contribution >= 0.6 is 0 Å². The van der Waals surface area contributed by atoms with Crippen molar-refractivity contribution in [2.75, 3.05) is 4.72 Å². The highest BCUT2D eigenvalue weighted by Gasteiger charge is 2.21. The van der Waals surface area contributed by atoms with Gasteiger partial charge in [0.25, 0.3) is 15.9 Å². The summed E-state index contributed by atoms with van der Waals surface area (Å²) in [5.74, 6) is -0.407. The van der Waals surface area contributed by atoms with E-state index in [1.165, 1.54) is 30.3 Å². The summed E-state index contributed by atoms with van der Waals surface area (Å²) in [4.78, 5) is 12.4. The molecule has 0 aliphatic carbocycles. The van der Waals surface area contributed by atoms with Crippen LogP contribution in [0.25, 0.3) is 0 Å². The Morgan fingerprint density at radius 1 is 0.893 bits per heavy atom. The second-order valence-corrected chi connectivity index (χ2v) is 7.58. The lowest BCUT2D eigenvalue weighted by atomic mass is 10.1. The Kier molecular flexibility index (Phi) is 5.72. The van der Waals surface area contributed by atoms with Crippen LogP contribution in [0.5, 0.6) is 0 Å². The van der Waals surface area contributed by atoms with Crippen LogP contribution in [0, 0.1) is 11.3 Å². The highest BCUT2D eigenvalue weighted by molar-refractivity contribution is 7.92. The van der Waals surface area contributed by atoms with Crippen molar-refractivity contribution in [2.45, 2.75) is 11.4 Å². The molecule has 2 N–H and O–H groups in total. The standard InChI is InChI=1S/C21H17N3O3S/c22-14-17-10-4-7-13-20(17)28(26,27)24-19-12-6-5-11-18(19)21(25)23-15-16-8-2-1-3-9-16/h1-13,24H,15H2,(H,23,25). The summed E-state index contributed by atoms with van der Waals surface area (Å²) in [6.07, 6.45) is 0. The van der Waals surface area contributed by atoms with Crippen LogP contribution in [-0.2, 0) is 16.6 Å². The van der Waals surface area contributed by atoms with E-state index in [2.05, 4.69) is 10.0 Å². The Morgan fingerprint density at radius 2 is 1.54 bits per heavy atom. The highest BCUT2D eigenvalue weighted by atomic mass is 32.2. The van der Waals surface area contributed by atoms with Crippen LogP contribution in [0.3, 0.4) is 0 Å². The van der Waals surface area contributed by atoms with Gasteiger partial charge in [0.1, 0.15) is 11.0 Å². The van der Waals surface area contributed by atoms with E-state index in [0.29, 0.717) is 6.54 Å². The molecular weight excluding hydrogens is 374 g/mol. The van der Waals surface area contributed by atoms with Crippen molar-refractivity contribution in [3.63, 3.8) is 0 Å². The normalized spacial score (nSPS) is 10.7. The second kappa shape index (κ2) is 8.37. The number of benzene rings is 3. The van der Waals surface area contributed by atoms with Gasteiger partial charge in [-0.05, 0) is 29.8 Å². The van der Waals surface area contributed by atoms with E-state index in [1.54, 1.807) is 18.2 Å². The Bertz CT molecular complexity index is 1140. The van der Waals surface area contributed by atoms with Crippen molar-refractivity contribution in [3.05, 3.63) is 95.6 Å². The number of carbonyl (C=O) groups excluding carboxylic acids is 1. The summed E-state index contributed by atoms with van der Waals surface area (Å²) in [6, 6.07) is 23.5. The van der Waals surface area contributed by atoms with E-state index in [1.807, 2.05) is 36.4 Å². The number of hydrogen-bond donors (Lipinski definition) is 2. The largest absolute Gasteiger partial charge is 0.348 e. The summed E-state index contributed by atoms with van der Waals surface area (Å²) in [5, 5.41) is 11.9. The summed E-state index contributed by atoms with van der Waals surface area (Å²) in [6.45, 7) is 0.317. The molecule has 0 spiro atoms. The van der Waals surface area contributed by atoms with Gasteiger partial charge in [0, 0.05) is 6.54 Å². The van der Waals surface area contributed by atoms with Crippen molar-refractivity contribution in [3.8, 4) is 6.07 Å². The molecule has 1 amide bonds. The predicted molar refractivity (Wildman–Crippen MR) is 106 cm³/mol. The van der Waals surface area contributed by atoms with Crippen molar-refractivity contribution in [1.29, 1.82) is 5.26 Å². The molecule has 0 atom stereocenters. The zero-order valence-electron chi connectivity index (χ0n) is 14.8. The molecule has 0 heterocycles. The number of anilines is 1. The van der Waals surface area contributed by atoms with Crippen LogP contribution in [0.15, 0.2) is 83.8 Å². The average molecular weight is 391 g/mol. The number of carbonyl (C=O) groups is 1. The van der Waals surface area contributed by atoms with Crippen LogP contribution < -0.4 is 10.0 Å². The Balaban J connectivity index is 1.84. The topological polar surface area (TPSA) is 99.1 Å². The number of nitriles is 1. The summed E-state index contributed by atoms with van der Waals surface area (Å²) in [7, 11) is -4.03. The van der Waals surface area contributed by atoms with Crippen LogP contribution in [0.4, 0.5) is 5.69 Å². The third-order valence-electron chi connectivity index (χ3n) is 4.01. The minimum atomic E-state index is -4.03. The van der Waals surface area contributed by atoms with Gasteiger partial charge in [-0.1, -0.05) is 54.6 Å². The van der Waals surface area contributed by atoms with Crippen molar-refractivity contribution in [2.24, 2.45) is 0 Å². The van der Waals surface area contributed by atoms with Gasteiger partial charge < -0.3 is 5.32 Å². The van der Waals surface area contributed by atoms with E-state index in [4.69, 9.17) is 5.26 Å². The van der Waals surface area contributed by atoms with E-state index in [9.17, 15) is 13.2 Å². The van der Waals surface area contributed by atoms with Crippen molar-refractivity contribution in [1.82, 2.24) is 5.32 Å². The summed E-state index contributed by atoms with van der Waals surface area (Å²) in [5.41, 5.74) is 1.29. The van der Waals surface area contributed by atoms with Gasteiger partial charge in [0.2, 0.25) is 0 Å². The van der Waals surface area contributed by atoms with E-state index in [-0.39, 0.29) is 21.7 Å². The lowest BCUT2D eigenvalue weighted by molar-refractivity contribution is 0.0952. The maximum atomic E-state index is 12.7. The SMILES string of the molecule is N#Cc1ccccc1S(=O)(=O)Nc1ccccc1C(=O)NCc1ccccc1. The molecule has 0 aromatic heterocycles. The third-order valence-corrected chi connectivity index (χ3v) is 5.43. The number of nitrogens with one attached hydrogen (secondary N) is 2. The first-order chi connectivity index (χ1) is 13.5. The molecule has 0 saturated heterocycles. The smallest absolute Gasteiger partial charge is 0.263 e. The fourth-order valence-electron chi connectivity index (χ4n) is 2.64. The Morgan fingerprint density at radius 3 is 2.29 bits per heavy atom. The zero-order chi connectivity index (χ0) is 20.0. The van der Waals surface area contributed by atoms with E-state index in [0.717, 1.165) is 5.56 Å². The quantitative estimate of drug-likeness (QED) is 0.673. The minimum absolute atomic E-state index is 0.0287. The van der Waals surface area contributed by atoms with Gasteiger partial charge in [0.05, 0.1) is 16.8 Å². The molecule has 6 nitrogen and oxygen atoms in total. The zero-order valence-corrected chi connectivity index (χ0v) is 15.6. The number of sulfonamides is 1. The summed E-state index contributed by atoms with van der Waals surface area (Å²) < 4.78 is 27.9. The lowest BCUT2D eigenvalue weighted by Crippen LogP contribution is -2.25. The van der Waals surface area contributed by atoms with E-state index < -0.39 is 15.9 Å². The number of nitrogens with zero attached hydrogens (tertiary/aromatic N) is 1. The number of rotatable bonds is 6. The monoisotopic (exact) mass is 391 g/mol. The third kappa shape index (κ3) is 4.37. The first-order valence-electron chi connectivity index (χ1n) is 8.44. The predicted octanol–water partition coefficient (Wildman–Crippen LogP) is 3.29. The molecule has 0 saturated carbocycles. The molecular formula is C21H17N3O3S. The molecule has 3 aromatic carbocycles. The number of hydrogen-bond acceptors (Lipinski definition) is 4. The molecule has 0 radical (unpaired) electrons. The van der Waals surface area contributed by atoms with Gasteiger partial charge in [-0.2, -0.15) is 5.26 Å². The van der Waals surface area contributed by atoms with E-state index >= 15 is 0 Å². The van der Waals surface area contributed by atoms with Gasteiger partial charge in [0.15, 0.2) is 0 Å². The number of para-hydroxylation sites is 1. The molecule has 28 heavy (non-hydrogen) atoms. The van der Waals surface area contributed by atoms with Crippen LogP contribution in [-0.4, -0.2) is 14.3 Å². The number of amides is 1. The Hall–Kier alpha value is -3.63. The molecule has 3 rings (SSSR count). The van der Waals surface area contributed by atoms with Crippen molar-refractivity contribution >= 4 is 21.6 Å². The Labute approximate surface area is 163 Å². The van der Waals surface area contributed by atoms with Crippen LogP contribution in [0.2, 0.25) is 0 Å². The summed E-state index contributed by atoms with van der Waals surface area (Å²) >= 11 is 0. The first-order valence-corrected chi connectivity index (χ1v) is 9.92. The molecule has 0 unspecified atom stereocenters. The van der Waals surface area contributed by atoms with Crippen molar-refractivity contribution < 1.29 is 13.2 Å². The molecule has 0 aliphatic rings. The van der Waals surface area contributed by atoms with Gasteiger partial charge in [-0.3, -0.25) is 9.52 Å². The fraction of sp³-hybridized carbons (Fsp3) is 0.0476. The molecule has 0 fully saturated rings. The highest BCUT2D eigenvalue weighted by Crippen LogP contribution is 2.22.